The van der Waals surface area contributed by atoms with Gasteiger partial charge in [-0.05, 0) is 43.1 Å². The lowest BCUT2D eigenvalue weighted by atomic mass is 9.99. The second kappa shape index (κ2) is 6.28. The van der Waals surface area contributed by atoms with Crippen molar-refractivity contribution >= 4 is 24.0 Å². The highest BCUT2D eigenvalue weighted by Gasteiger charge is 2.19. The van der Waals surface area contributed by atoms with Crippen molar-refractivity contribution < 1.29 is 13.6 Å². The highest BCUT2D eigenvalue weighted by atomic mass is 35.5. The fraction of sp³-hybridized carbons (Fsp3) is 0.267. The van der Waals surface area contributed by atoms with Gasteiger partial charge in [-0.25, -0.2) is 4.39 Å². The third-order valence-electron chi connectivity index (χ3n) is 3.52. The van der Waals surface area contributed by atoms with Crippen molar-refractivity contribution in [3.63, 3.8) is 0 Å². The molecule has 0 radical (unpaired) electrons. The van der Waals surface area contributed by atoms with E-state index >= 15 is 0 Å². The summed E-state index contributed by atoms with van der Waals surface area (Å²) in [7, 11) is 0. The van der Waals surface area contributed by atoms with E-state index in [9.17, 15) is 9.18 Å². The van der Waals surface area contributed by atoms with E-state index in [0.717, 1.165) is 17.7 Å². The molecule has 21 heavy (non-hydrogen) atoms. The zero-order valence-electron chi connectivity index (χ0n) is 11.5. The van der Waals surface area contributed by atoms with Gasteiger partial charge in [-0.2, -0.15) is 0 Å². The van der Waals surface area contributed by atoms with Gasteiger partial charge in [0, 0.05) is 12.1 Å². The number of carbonyl (C=O) groups is 1. The van der Waals surface area contributed by atoms with Gasteiger partial charge in [0.25, 0.3) is 5.91 Å². The first-order chi connectivity index (χ1) is 9.66. The van der Waals surface area contributed by atoms with Crippen LogP contribution >= 0.6 is 12.4 Å². The van der Waals surface area contributed by atoms with Crippen molar-refractivity contribution in [2.75, 3.05) is 11.9 Å². The number of hydrogen-bond acceptors (Lipinski definition) is 3. The average Bonchev–Trinajstić information content (AvgIpc) is 2.88. The molecule has 1 aliphatic rings. The van der Waals surface area contributed by atoms with E-state index in [4.69, 9.17) is 4.42 Å². The van der Waals surface area contributed by atoms with Crippen LogP contribution in [-0.4, -0.2) is 12.5 Å². The number of aryl methyl sites for hydroxylation is 1. The Morgan fingerprint density at radius 1 is 1.38 bits per heavy atom. The Balaban J connectivity index is 0.00000161. The largest absolute Gasteiger partial charge is 0.459 e. The van der Waals surface area contributed by atoms with Crippen molar-refractivity contribution in [3.8, 4) is 0 Å². The van der Waals surface area contributed by atoms with Crippen LogP contribution < -0.4 is 10.6 Å². The standard InChI is InChI=1S/C15H15FN2O2.ClH/c1-9-5-7-20-14(9)15(19)18-12-3-2-10-8-17-6-4-11(10)13(12)16;/h2-3,5,7,17H,4,6,8H2,1H3,(H,18,19);1H. The van der Waals surface area contributed by atoms with Crippen molar-refractivity contribution in [2.45, 2.75) is 19.9 Å². The van der Waals surface area contributed by atoms with E-state index in [1.165, 1.54) is 6.26 Å². The van der Waals surface area contributed by atoms with Crippen LogP contribution in [0.4, 0.5) is 10.1 Å². The predicted molar refractivity (Wildman–Crippen MR) is 80.5 cm³/mol. The minimum atomic E-state index is -0.430. The number of halogens is 2. The zero-order valence-corrected chi connectivity index (χ0v) is 12.3. The summed E-state index contributed by atoms with van der Waals surface area (Å²) in [6, 6.07) is 5.14. The van der Waals surface area contributed by atoms with Gasteiger partial charge in [-0.1, -0.05) is 6.07 Å². The molecule has 2 N–H and O–H groups in total. The van der Waals surface area contributed by atoms with Crippen LogP contribution in [0.3, 0.4) is 0 Å². The van der Waals surface area contributed by atoms with Gasteiger partial charge in [0.2, 0.25) is 0 Å². The normalized spacial score (nSPS) is 13.2. The Kier molecular flexibility index (Phi) is 4.65. The molecule has 0 saturated carbocycles. The molecule has 0 unspecified atom stereocenters. The molecule has 0 fully saturated rings. The molecule has 1 aromatic carbocycles. The fourth-order valence-electron chi connectivity index (χ4n) is 2.41. The Labute approximate surface area is 128 Å². The summed E-state index contributed by atoms with van der Waals surface area (Å²) in [5, 5.41) is 5.76. The summed E-state index contributed by atoms with van der Waals surface area (Å²) < 4.78 is 19.5. The fourth-order valence-corrected chi connectivity index (χ4v) is 2.41. The van der Waals surface area contributed by atoms with Gasteiger partial charge in [0.05, 0.1) is 12.0 Å². The summed E-state index contributed by atoms with van der Waals surface area (Å²) in [6.45, 7) is 3.18. The van der Waals surface area contributed by atoms with E-state index < -0.39 is 5.91 Å². The molecule has 0 atom stereocenters. The molecule has 0 saturated heterocycles. The van der Waals surface area contributed by atoms with Gasteiger partial charge in [-0.3, -0.25) is 4.79 Å². The lowest BCUT2D eigenvalue weighted by Crippen LogP contribution is -2.25. The van der Waals surface area contributed by atoms with Crippen LogP contribution in [0.25, 0.3) is 0 Å². The smallest absolute Gasteiger partial charge is 0.291 e. The Bertz CT molecular complexity index is 670. The number of benzene rings is 1. The van der Waals surface area contributed by atoms with E-state index in [0.29, 0.717) is 18.5 Å². The first-order valence-electron chi connectivity index (χ1n) is 6.53. The van der Waals surface area contributed by atoms with Crippen LogP contribution in [0.1, 0.15) is 27.2 Å². The maximum atomic E-state index is 14.4. The topological polar surface area (TPSA) is 54.3 Å². The highest BCUT2D eigenvalue weighted by molar-refractivity contribution is 6.03. The van der Waals surface area contributed by atoms with Crippen LogP contribution in [0, 0.1) is 12.7 Å². The summed E-state index contributed by atoms with van der Waals surface area (Å²) >= 11 is 0. The second-order valence-electron chi connectivity index (χ2n) is 4.88. The van der Waals surface area contributed by atoms with Crippen LogP contribution in [0.2, 0.25) is 0 Å². The maximum absolute atomic E-state index is 14.4. The third kappa shape index (κ3) is 2.94. The van der Waals surface area contributed by atoms with Crippen LogP contribution in [0.15, 0.2) is 28.9 Å². The van der Waals surface area contributed by atoms with E-state index in [2.05, 4.69) is 10.6 Å². The first kappa shape index (κ1) is 15.5. The van der Waals surface area contributed by atoms with Gasteiger partial charge in [0.1, 0.15) is 5.82 Å². The lowest BCUT2D eigenvalue weighted by molar-refractivity contribution is 0.0995. The molecule has 4 nitrogen and oxygen atoms in total. The number of amides is 1. The van der Waals surface area contributed by atoms with E-state index in [-0.39, 0.29) is 29.7 Å². The Morgan fingerprint density at radius 3 is 2.90 bits per heavy atom. The number of fused-ring (bicyclic) bond motifs is 1. The molecule has 2 heterocycles. The number of hydrogen-bond donors (Lipinski definition) is 2. The van der Waals surface area contributed by atoms with Crippen molar-refractivity contribution in [3.05, 3.63) is 52.7 Å². The average molecular weight is 311 g/mol. The maximum Gasteiger partial charge on any atom is 0.291 e. The molecule has 1 aromatic heterocycles. The van der Waals surface area contributed by atoms with Gasteiger partial charge in [0.15, 0.2) is 5.76 Å². The molecule has 1 amide bonds. The summed E-state index contributed by atoms with van der Waals surface area (Å²) in [6.07, 6.45) is 2.07. The molecule has 0 bridgehead atoms. The molecule has 3 rings (SSSR count). The molecular formula is C15H16ClFN2O2. The SMILES string of the molecule is Cc1ccoc1C(=O)Nc1ccc2c(c1F)CCNC2.Cl. The van der Waals surface area contributed by atoms with E-state index in [1.807, 2.05) is 6.07 Å². The minimum absolute atomic E-state index is 0. The number of rotatable bonds is 2. The van der Waals surface area contributed by atoms with Gasteiger partial charge in [-0.15, -0.1) is 12.4 Å². The van der Waals surface area contributed by atoms with E-state index in [1.54, 1.807) is 19.1 Å². The van der Waals surface area contributed by atoms with Crippen molar-refractivity contribution in [1.29, 1.82) is 0 Å². The summed E-state index contributed by atoms with van der Waals surface area (Å²) in [5.74, 6) is -0.564. The van der Waals surface area contributed by atoms with Gasteiger partial charge < -0.3 is 15.1 Å². The number of nitrogens with one attached hydrogen (secondary N) is 2. The zero-order chi connectivity index (χ0) is 14.1. The second-order valence-corrected chi connectivity index (χ2v) is 4.88. The molecule has 6 heteroatoms. The molecular weight excluding hydrogens is 295 g/mol. The number of furan rings is 1. The molecule has 2 aromatic rings. The monoisotopic (exact) mass is 310 g/mol. The van der Waals surface area contributed by atoms with Crippen LogP contribution in [0.5, 0.6) is 0 Å². The minimum Gasteiger partial charge on any atom is -0.459 e. The summed E-state index contributed by atoms with van der Waals surface area (Å²) in [5.41, 5.74) is 2.55. The molecule has 0 spiro atoms. The summed E-state index contributed by atoms with van der Waals surface area (Å²) in [4.78, 5) is 12.0. The number of anilines is 1. The van der Waals surface area contributed by atoms with Crippen LogP contribution in [-0.2, 0) is 13.0 Å². The quantitative estimate of drug-likeness (QED) is 0.896. The van der Waals surface area contributed by atoms with Gasteiger partial charge >= 0.3 is 0 Å². The molecule has 0 aliphatic carbocycles. The number of carbonyl (C=O) groups excluding carboxylic acids is 1. The Hall–Kier alpha value is -1.85. The highest BCUT2D eigenvalue weighted by Crippen LogP contribution is 2.25. The molecule has 112 valence electrons. The third-order valence-corrected chi connectivity index (χ3v) is 3.52. The predicted octanol–water partition coefficient (Wildman–Crippen LogP) is 3.05. The van der Waals surface area contributed by atoms with Crippen molar-refractivity contribution in [2.24, 2.45) is 0 Å². The Morgan fingerprint density at radius 2 is 2.19 bits per heavy atom. The molecule has 1 aliphatic heterocycles. The lowest BCUT2D eigenvalue weighted by Gasteiger charge is -2.19. The first-order valence-corrected chi connectivity index (χ1v) is 6.53. The van der Waals surface area contributed by atoms with Crippen molar-refractivity contribution in [1.82, 2.24) is 5.32 Å².